The Labute approximate surface area is 172 Å². The second-order valence-electron chi connectivity index (χ2n) is 5.07. The summed E-state index contributed by atoms with van der Waals surface area (Å²) in [6.07, 6.45) is 0. The zero-order chi connectivity index (χ0) is 17.5. The standard InChI is InChI=1S/C18H19Cl2O3P.Li.H/c1-3-22-9-10-23-13-7-8-16(12(2)11-13)24-18(21)17-14(19)5-4-6-15(17)20;;/h4-8,11,24H,3,9-10H2,1-2H3;;. The van der Waals surface area contributed by atoms with Crippen LogP contribution in [0.2, 0.25) is 10.0 Å². The molecular formula is C18H20Cl2LiO3P. The van der Waals surface area contributed by atoms with E-state index in [4.69, 9.17) is 32.7 Å². The molecule has 0 aliphatic carbocycles. The van der Waals surface area contributed by atoms with Crippen LogP contribution in [0.15, 0.2) is 36.4 Å². The maximum absolute atomic E-state index is 12.5. The third-order valence-corrected chi connectivity index (χ3v) is 5.27. The van der Waals surface area contributed by atoms with Gasteiger partial charge in [-0.25, -0.2) is 0 Å². The molecule has 0 bridgehead atoms. The van der Waals surface area contributed by atoms with E-state index < -0.39 is 0 Å². The summed E-state index contributed by atoms with van der Waals surface area (Å²) < 4.78 is 10.9. The molecule has 7 heteroatoms. The van der Waals surface area contributed by atoms with Gasteiger partial charge in [0.15, 0.2) is 5.52 Å². The molecule has 0 aromatic heterocycles. The number of benzene rings is 2. The normalized spacial score (nSPS) is 10.7. The van der Waals surface area contributed by atoms with Crippen LogP contribution < -0.4 is 10.0 Å². The fraction of sp³-hybridized carbons (Fsp3) is 0.278. The van der Waals surface area contributed by atoms with Gasteiger partial charge in [-0.15, -0.1) is 0 Å². The molecule has 0 saturated carbocycles. The van der Waals surface area contributed by atoms with E-state index in [0.29, 0.717) is 35.4 Å². The molecule has 0 aliphatic heterocycles. The van der Waals surface area contributed by atoms with Gasteiger partial charge in [-0.1, -0.05) is 35.3 Å². The van der Waals surface area contributed by atoms with Crippen molar-refractivity contribution >= 4 is 61.5 Å². The first-order valence-electron chi connectivity index (χ1n) is 7.59. The number of carbonyl (C=O) groups is 1. The van der Waals surface area contributed by atoms with Crippen LogP contribution in [0.4, 0.5) is 0 Å². The Morgan fingerprint density at radius 1 is 1.12 bits per heavy atom. The van der Waals surface area contributed by atoms with Crippen molar-refractivity contribution < 1.29 is 14.3 Å². The third kappa shape index (κ3) is 6.61. The van der Waals surface area contributed by atoms with E-state index in [1.54, 1.807) is 18.2 Å². The van der Waals surface area contributed by atoms with Crippen LogP contribution in [-0.2, 0) is 4.74 Å². The summed E-state index contributed by atoms with van der Waals surface area (Å²) in [4.78, 5) is 12.5. The summed E-state index contributed by atoms with van der Waals surface area (Å²) >= 11 is 12.2. The van der Waals surface area contributed by atoms with Crippen molar-refractivity contribution in [1.82, 2.24) is 0 Å². The first kappa shape index (κ1) is 22.5. The van der Waals surface area contributed by atoms with Gasteiger partial charge in [-0.2, -0.15) is 0 Å². The molecule has 3 nitrogen and oxygen atoms in total. The van der Waals surface area contributed by atoms with Gasteiger partial charge < -0.3 is 9.47 Å². The summed E-state index contributed by atoms with van der Waals surface area (Å²) in [7, 11) is -0.0420. The van der Waals surface area contributed by atoms with E-state index in [1.807, 2.05) is 32.0 Å². The molecule has 2 aromatic carbocycles. The first-order chi connectivity index (χ1) is 11.5. The molecule has 1 unspecified atom stereocenters. The van der Waals surface area contributed by atoms with E-state index in [-0.39, 0.29) is 33.0 Å². The molecule has 0 N–H and O–H groups in total. The molecule has 0 amide bonds. The van der Waals surface area contributed by atoms with Crippen LogP contribution in [0.25, 0.3) is 0 Å². The number of rotatable bonds is 8. The molecule has 25 heavy (non-hydrogen) atoms. The summed E-state index contributed by atoms with van der Waals surface area (Å²) in [5, 5.41) is 1.72. The predicted molar refractivity (Wildman–Crippen MR) is 109 cm³/mol. The Kier molecular flexibility index (Phi) is 10.1. The minimum atomic E-state index is -0.0706. The summed E-state index contributed by atoms with van der Waals surface area (Å²) in [5.41, 5.74) is 1.31. The van der Waals surface area contributed by atoms with E-state index >= 15 is 0 Å². The minimum absolute atomic E-state index is 0. The number of halogens is 2. The van der Waals surface area contributed by atoms with Gasteiger partial charge in [0, 0.05) is 6.61 Å². The first-order valence-corrected chi connectivity index (χ1v) is 9.35. The molecule has 0 spiro atoms. The monoisotopic (exact) mass is 392 g/mol. The number of aryl methyl sites for hydroxylation is 1. The zero-order valence-corrected chi connectivity index (χ0v) is 16.1. The molecule has 2 rings (SSSR count). The molecule has 0 fully saturated rings. The van der Waals surface area contributed by atoms with Crippen molar-refractivity contribution in [2.75, 3.05) is 19.8 Å². The Morgan fingerprint density at radius 3 is 2.40 bits per heavy atom. The van der Waals surface area contributed by atoms with Crippen molar-refractivity contribution in [3.05, 3.63) is 57.6 Å². The van der Waals surface area contributed by atoms with Crippen LogP contribution in [-0.4, -0.2) is 44.2 Å². The van der Waals surface area contributed by atoms with Crippen LogP contribution in [0.3, 0.4) is 0 Å². The second-order valence-corrected chi connectivity index (χ2v) is 7.13. The van der Waals surface area contributed by atoms with Gasteiger partial charge in [0.25, 0.3) is 0 Å². The Hall–Kier alpha value is -0.523. The number of hydrogen-bond donors (Lipinski definition) is 0. The van der Waals surface area contributed by atoms with E-state index in [0.717, 1.165) is 16.6 Å². The maximum atomic E-state index is 12.5. The second kappa shape index (κ2) is 11.2. The van der Waals surface area contributed by atoms with Crippen molar-refractivity contribution in [1.29, 1.82) is 0 Å². The van der Waals surface area contributed by atoms with Gasteiger partial charge in [-0.3, -0.25) is 4.79 Å². The van der Waals surface area contributed by atoms with Crippen molar-refractivity contribution in [2.45, 2.75) is 13.8 Å². The molecule has 1 atom stereocenters. The fourth-order valence-electron chi connectivity index (χ4n) is 2.13. The number of ether oxygens (including phenoxy) is 2. The fourth-order valence-corrected chi connectivity index (χ4v) is 3.93. The van der Waals surface area contributed by atoms with Gasteiger partial charge in [0.2, 0.25) is 0 Å². The van der Waals surface area contributed by atoms with Crippen LogP contribution in [0.1, 0.15) is 22.8 Å². The van der Waals surface area contributed by atoms with Gasteiger partial charge in [0.05, 0.1) is 22.2 Å². The molecule has 0 heterocycles. The number of hydrogen-bond acceptors (Lipinski definition) is 3. The van der Waals surface area contributed by atoms with Crippen molar-refractivity contribution in [2.24, 2.45) is 0 Å². The van der Waals surface area contributed by atoms with Crippen LogP contribution >= 0.6 is 31.8 Å². The molecule has 0 radical (unpaired) electrons. The summed E-state index contributed by atoms with van der Waals surface area (Å²) in [6, 6.07) is 10.8. The van der Waals surface area contributed by atoms with Gasteiger partial charge in [-0.05, 0) is 57.6 Å². The quantitative estimate of drug-likeness (QED) is 0.383. The molecule has 0 saturated heterocycles. The van der Waals surface area contributed by atoms with Crippen LogP contribution in [0.5, 0.6) is 5.75 Å². The topological polar surface area (TPSA) is 35.5 Å². The molecular weight excluding hydrogens is 373 g/mol. The van der Waals surface area contributed by atoms with Gasteiger partial charge >= 0.3 is 18.9 Å². The predicted octanol–water partition coefficient (Wildman–Crippen LogP) is 4.21. The molecule has 130 valence electrons. The van der Waals surface area contributed by atoms with Crippen LogP contribution in [0, 0.1) is 6.92 Å². The summed E-state index contributed by atoms with van der Waals surface area (Å²) in [5.74, 6) is 0.768. The van der Waals surface area contributed by atoms with Gasteiger partial charge in [0.1, 0.15) is 12.4 Å². The Bertz CT molecular complexity index is 705. The Balaban J connectivity index is 0.00000312. The Morgan fingerprint density at radius 2 is 1.80 bits per heavy atom. The van der Waals surface area contributed by atoms with E-state index in [1.165, 1.54) is 0 Å². The van der Waals surface area contributed by atoms with Crippen molar-refractivity contribution in [3.8, 4) is 5.75 Å². The zero-order valence-electron chi connectivity index (χ0n) is 13.6. The average molecular weight is 393 g/mol. The van der Waals surface area contributed by atoms with Crippen molar-refractivity contribution in [3.63, 3.8) is 0 Å². The summed E-state index contributed by atoms with van der Waals surface area (Å²) in [6.45, 7) is 5.64. The third-order valence-electron chi connectivity index (χ3n) is 3.34. The average Bonchev–Trinajstić information content (AvgIpc) is 2.54. The number of carbonyl (C=O) groups excluding carboxylic acids is 1. The SMILES string of the molecule is CCOCCOc1ccc(PC(=O)c2c(Cl)cccc2Cl)c(C)c1.[LiH]. The molecule has 2 aromatic rings. The van der Waals surface area contributed by atoms with E-state index in [9.17, 15) is 4.79 Å². The molecule has 0 aliphatic rings. The van der Waals surface area contributed by atoms with E-state index in [2.05, 4.69) is 0 Å².